The predicted molar refractivity (Wildman–Crippen MR) is 60.2 cm³/mol. The standard InChI is InChI=1S/C13H13NO/c1-10-3-5-12(6-4-10)15-13-7-8-14-11(2)9-13/h3-9H,1-2H3. The van der Waals surface area contributed by atoms with Crippen LogP contribution in [0, 0.1) is 13.8 Å². The Bertz CT molecular complexity index is 448. The smallest absolute Gasteiger partial charge is 0.130 e. The first-order chi connectivity index (χ1) is 7.24. The molecule has 76 valence electrons. The Morgan fingerprint density at radius 2 is 1.67 bits per heavy atom. The third kappa shape index (κ3) is 2.56. The topological polar surface area (TPSA) is 22.1 Å². The second-order valence-electron chi connectivity index (χ2n) is 3.55. The highest BCUT2D eigenvalue weighted by atomic mass is 16.5. The molecule has 0 atom stereocenters. The molecule has 2 rings (SSSR count). The van der Waals surface area contributed by atoms with Crippen molar-refractivity contribution in [1.29, 1.82) is 0 Å². The van der Waals surface area contributed by atoms with Crippen LogP contribution in [0.4, 0.5) is 0 Å². The summed E-state index contributed by atoms with van der Waals surface area (Å²) in [4.78, 5) is 4.12. The van der Waals surface area contributed by atoms with E-state index in [0.717, 1.165) is 17.2 Å². The number of ether oxygens (including phenoxy) is 1. The first kappa shape index (κ1) is 9.71. The van der Waals surface area contributed by atoms with Crippen molar-refractivity contribution in [1.82, 2.24) is 4.98 Å². The van der Waals surface area contributed by atoms with Crippen LogP contribution in [0.5, 0.6) is 11.5 Å². The highest BCUT2D eigenvalue weighted by molar-refractivity contribution is 5.32. The Morgan fingerprint density at radius 3 is 2.33 bits per heavy atom. The van der Waals surface area contributed by atoms with Crippen LogP contribution in [0.1, 0.15) is 11.3 Å². The molecule has 2 aromatic rings. The fraction of sp³-hybridized carbons (Fsp3) is 0.154. The van der Waals surface area contributed by atoms with Crippen molar-refractivity contribution in [3.05, 3.63) is 53.9 Å². The van der Waals surface area contributed by atoms with Gasteiger partial charge in [-0.05, 0) is 32.0 Å². The van der Waals surface area contributed by atoms with Gasteiger partial charge in [-0.15, -0.1) is 0 Å². The average Bonchev–Trinajstić information content (AvgIpc) is 2.22. The summed E-state index contributed by atoms with van der Waals surface area (Å²) in [6.45, 7) is 4.00. The second-order valence-corrected chi connectivity index (χ2v) is 3.55. The maximum Gasteiger partial charge on any atom is 0.130 e. The van der Waals surface area contributed by atoms with E-state index in [1.165, 1.54) is 5.56 Å². The molecule has 2 nitrogen and oxygen atoms in total. The SMILES string of the molecule is Cc1ccc(Oc2ccnc(C)c2)cc1. The van der Waals surface area contributed by atoms with Gasteiger partial charge in [-0.1, -0.05) is 17.7 Å². The molecule has 2 heteroatoms. The van der Waals surface area contributed by atoms with Crippen molar-refractivity contribution in [2.75, 3.05) is 0 Å². The van der Waals surface area contributed by atoms with Crippen molar-refractivity contribution >= 4 is 0 Å². The van der Waals surface area contributed by atoms with Gasteiger partial charge in [0.2, 0.25) is 0 Å². The molecule has 0 saturated carbocycles. The van der Waals surface area contributed by atoms with E-state index in [4.69, 9.17) is 4.74 Å². The van der Waals surface area contributed by atoms with E-state index in [0.29, 0.717) is 0 Å². The first-order valence-corrected chi connectivity index (χ1v) is 4.91. The summed E-state index contributed by atoms with van der Waals surface area (Å²) in [6.07, 6.45) is 1.75. The van der Waals surface area contributed by atoms with Crippen LogP contribution < -0.4 is 4.74 Å². The Labute approximate surface area is 89.6 Å². The van der Waals surface area contributed by atoms with E-state index >= 15 is 0 Å². The largest absolute Gasteiger partial charge is 0.457 e. The Balaban J connectivity index is 2.18. The number of hydrogen-bond acceptors (Lipinski definition) is 2. The fourth-order valence-electron chi connectivity index (χ4n) is 1.33. The van der Waals surface area contributed by atoms with Crippen molar-refractivity contribution in [3.8, 4) is 11.5 Å². The molecule has 0 unspecified atom stereocenters. The van der Waals surface area contributed by atoms with Crippen LogP contribution in [-0.4, -0.2) is 4.98 Å². The minimum atomic E-state index is 0.825. The highest BCUT2D eigenvalue weighted by Crippen LogP contribution is 2.21. The number of benzene rings is 1. The summed E-state index contributed by atoms with van der Waals surface area (Å²) in [6, 6.07) is 11.8. The monoisotopic (exact) mass is 199 g/mol. The van der Waals surface area contributed by atoms with Crippen LogP contribution in [-0.2, 0) is 0 Å². The van der Waals surface area contributed by atoms with E-state index in [-0.39, 0.29) is 0 Å². The van der Waals surface area contributed by atoms with Gasteiger partial charge in [0.15, 0.2) is 0 Å². The van der Waals surface area contributed by atoms with Gasteiger partial charge >= 0.3 is 0 Å². The molecular weight excluding hydrogens is 186 g/mol. The van der Waals surface area contributed by atoms with Crippen molar-refractivity contribution in [2.24, 2.45) is 0 Å². The molecule has 0 radical (unpaired) electrons. The zero-order valence-electron chi connectivity index (χ0n) is 8.90. The molecule has 0 spiro atoms. The third-order valence-electron chi connectivity index (χ3n) is 2.12. The van der Waals surface area contributed by atoms with Gasteiger partial charge in [-0.3, -0.25) is 4.98 Å². The summed E-state index contributed by atoms with van der Waals surface area (Å²) in [5.41, 5.74) is 2.19. The Hall–Kier alpha value is -1.83. The van der Waals surface area contributed by atoms with Crippen molar-refractivity contribution in [2.45, 2.75) is 13.8 Å². The lowest BCUT2D eigenvalue weighted by Gasteiger charge is -2.05. The van der Waals surface area contributed by atoms with E-state index in [2.05, 4.69) is 11.9 Å². The molecule has 0 aliphatic heterocycles. The van der Waals surface area contributed by atoms with E-state index in [1.807, 2.05) is 43.3 Å². The number of rotatable bonds is 2. The molecule has 0 aliphatic rings. The normalized spacial score (nSPS) is 10.0. The van der Waals surface area contributed by atoms with Gasteiger partial charge in [0.05, 0.1) is 0 Å². The average molecular weight is 199 g/mol. The minimum Gasteiger partial charge on any atom is -0.457 e. The van der Waals surface area contributed by atoms with Crippen LogP contribution in [0.15, 0.2) is 42.6 Å². The molecule has 0 bridgehead atoms. The molecule has 0 aliphatic carbocycles. The van der Waals surface area contributed by atoms with Gasteiger partial charge in [-0.25, -0.2) is 0 Å². The molecule has 1 aromatic carbocycles. The summed E-state index contributed by atoms with van der Waals surface area (Å²) < 4.78 is 5.67. The number of aromatic nitrogens is 1. The lowest BCUT2D eigenvalue weighted by Crippen LogP contribution is -1.86. The number of pyridine rings is 1. The highest BCUT2D eigenvalue weighted by Gasteiger charge is 1.96. The lowest BCUT2D eigenvalue weighted by atomic mass is 10.2. The maximum atomic E-state index is 5.67. The molecule has 0 N–H and O–H groups in total. The molecule has 0 saturated heterocycles. The summed E-state index contributed by atoms with van der Waals surface area (Å²) in [5, 5.41) is 0. The fourth-order valence-corrected chi connectivity index (χ4v) is 1.33. The lowest BCUT2D eigenvalue weighted by molar-refractivity contribution is 0.481. The van der Waals surface area contributed by atoms with Crippen LogP contribution in [0.25, 0.3) is 0 Å². The molecular formula is C13H13NO. The van der Waals surface area contributed by atoms with Gasteiger partial charge in [-0.2, -0.15) is 0 Å². The van der Waals surface area contributed by atoms with Crippen molar-refractivity contribution < 1.29 is 4.74 Å². The zero-order chi connectivity index (χ0) is 10.7. The van der Waals surface area contributed by atoms with E-state index in [1.54, 1.807) is 6.20 Å². The quantitative estimate of drug-likeness (QED) is 0.738. The summed E-state index contributed by atoms with van der Waals surface area (Å²) in [5.74, 6) is 1.68. The van der Waals surface area contributed by atoms with Gasteiger partial charge < -0.3 is 4.74 Å². The van der Waals surface area contributed by atoms with Crippen LogP contribution in [0.2, 0.25) is 0 Å². The Kier molecular flexibility index (Phi) is 2.68. The number of aryl methyl sites for hydroxylation is 2. The van der Waals surface area contributed by atoms with Gasteiger partial charge in [0.1, 0.15) is 11.5 Å². The zero-order valence-corrected chi connectivity index (χ0v) is 8.90. The van der Waals surface area contributed by atoms with E-state index < -0.39 is 0 Å². The van der Waals surface area contributed by atoms with E-state index in [9.17, 15) is 0 Å². The summed E-state index contributed by atoms with van der Waals surface area (Å²) in [7, 11) is 0. The molecule has 0 fully saturated rings. The first-order valence-electron chi connectivity index (χ1n) is 4.91. The number of hydrogen-bond donors (Lipinski definition) is 0. The van der Waals surface area contributed by atoms with Crippen molar-refractivity contribution in [3.63, 3.8) is 0 Å². The van der Waals surface area contributed by atoms with Crippen LogP contribution in [0.3, 0.4) is 0 Å². The third-order valence-corrected chi connectivity index (χ3v) is 2.12. The maximum absolute atomic E-state index is 5.67. The van der Waals surface area contributed by atoms with Gasteiger partial charge in [0, 0.05) is 18.0 Å². The summed E-state index contributed by atoms with van der Waals surface area (Å²) >= 11 is 0. The van der Waals surface area contributed by atoms with Gasteiger partial charge in [0.25, 0.3) is 0 Å². The number of nitrogens with zero attached hydrogens (tertiary/aromatic N) is 1. The second kappa shape index (κ2) is 4.13. The van der Waals surface area contributed by atoms with Crippen LogP contribution >= 0.6 is 0 Å². The predicted octanol–water partition coefficient (Wildman–Crippen LogP) is 3.49. The molecule has 1 heterocycles. The molecule has 15 heavy (non-hydrogen) atoms. The Morgan fingerprint density at radius 1 is 0.933 bits per heavy atom. The molecule has 0 amide bonds. The minimum absolute atomic E-state index is 0.825. The molecule has 1 aromatic heterocycles.